The minimum atomic E-state index is -0.259. The number of aromatic amines is 1. The molecular formula is C24H23N5O4S. The van der Waals surface area contributed by atoms with Crippen LogP contribution in [0.1, 0.15) is 12.5 Å². The van der Waals surface area contributed by atoms with Crippen LogP contribution < -0.4 is 19.9 Å². The maximum atomic E-state index is 13.3. The summed E-state index contributed by atoms with van der Waals surface area (Å²) in [6, 6.07) is 13.0. The summed E-state index contributed by atoms with van der Waals surface area (Å²) in [4.78, 5) is 32.8. The first-order chi connectivity index (χ1) is 16.5. The zero-order chi connectivity index (χ0) is 23.7. The van der Waals surface area contributed by atoms with Crippen molar-refractivity contribution in [3.8, 4) is 17.2 Å². The lowest BCUT2D eigenvalue weighted by atomic mass is 10.1. The Labute approximate surface area is 199 Å². The van der Waals surface area contributed by atoms with Crippen LogP contribution in [0.15, 0.2) is 58.6 Å². The third-order valence-corrected chi connectivity index (χ3v) is 6.38. The van der Waals surface area contributed by atoms with Crippen LogP contribution in [0.2, 0.25) is 0 Å². The number of carbonyl (C=O) groups excluding carboxylic acids is 1. The Morgan fingerprint density at radius 1 is 1.24 bits per heavy atom. The molecule has 0 spiro atoms. The van der Waals surface area contributed by atoms with Crippen LogP contribution in [-0.4, -0.2) is 51.2 Å². The second kappa shape index (κ2) is 9.22. The van der Waals surface area contributed by atoms with Crippen LogP contribution in [-0.2, 0) is 4.79 Å². The van der Waals surface area contributed by atoms with Gasteiger partial charge in [0, 0.05) is 0 Å². The van der Waals surface area contributed by atoms with Crippen molar-refractivity contribution in [3.63, 3.8) is 0 Å². The van der Waals surface area contributed by atoms with Crippen molar-refractivity contribution in [1.29, 1.82) is 0 Å². The van der Waals surface area contributed by atoms with Crippen LogP contribution >= 0.6 is 11.8 Å². The predicted octanol–water partition coefficient (Wildman–Crippen LogP) is 3.33. The molecule has 0 saturated heterocycles. The van der Waals surface area contributed by atoms with Crippen molar-refractivity contribution in [3.05, 3.63) is 64.6 Å². The summed E-state index contributed by atoms with van der Waals surface area (Å²) in [5.74, 6) is 1.43. The Kier molecular flexibility index (Phi) is 5.97. The normalized spacial score (nSPS) is 12.9. The van der Waals surface area contributed by atoms with E-state index in [1.54, 1.807) is 29.2 Å². The zero-order valence-electron chi connectivity index (χ0n) is 18.8. The Hall–Kier alpha value is -3.79. The summed E-state index contributed by atoms with van der Waals surface area (Å²) in [7, 11) is 0. The number of thioether (sulfide) groups is 1. The highest BCUT2D eigenvalue weighted by molar-refractivity contribution is 7.99. The molecule has 1 aliphatic rings. The van der Waals surface area contributed by atoms with E-state index in [9.17, 15) is 9.59 Å². The van der Waals surface area contributed by atoms with E-state index in [2.05, 4.69) is 15.2 Å². The number of aryl methyl sites for hydroxylation is 1. The zero-order valence-corrected chi connectivity index (χ0v) is 19.6. The molecule has 1 N–H and O–H groups in total. The van der Waals surface area contributed by atoms with E-state index >= 15 is 0 Å². The van der Waals surface area contributed by atoms with E-state index in [-0.39, 0.29) is 17.2 Å². The molecule has 34 heavy (non-hydrogen) atoms. The van der Waals surface area contributed by atoms with Gasteiger partial charge in [-0.25, -0.2) is 4.98 Å². The lowest BCUT2D eigenvalue weighted by Gasteiger charge is -2.29. The SMILES string of the molecule is CCOc1ccc(-n2c(SCC(=O)N3CCOc4ccc(C)cc43)nc3[nH]ncc3c2=O)cc1. The number of nitrogens with zero attached hydrogens (tertiary/aromatic N) is 4. The van der Waals surface area contributed by atoms with E-state index in [4.69, 9.17) is 9.47 Å². The van der Waals surface area contributed by atoms with Crippen LogP contribution in [0.25, 0.3) is 16.7 Å². The van der Waals surface area contributed by atoms with E-state index in [0.717, 1.165) is 11.3 Å². The molecule has 5 rings (SSSR count). The van der Waals surface area contributed by atoms with Gasteiger partial charge in [0.1, 0.15) is 23.5 Å². The molecule has 0 atom stereocenters. The first-order valence-corrected chi connectivity index (χ1v) is 11.9. The fourth-order valence-electron chi connectivity index (χ4n) is 3.85. The van der Waals surface area contributed by atoms with Gasteiger partial charge in [-0.1, -0.05) is 17.8 Å². The molecule has 3 heterocycles. The monoisotopic (exact) mass is 477 g/mol. The lowest BCUT2D eigenvalue weighted by Crippen LogP contribution is -2.39. The highest BCUT2D eigenvalue weighted by atomic mass is 32.2. The number of anilines is 1. The molecule has 0 fully saturated rings. The predicted molar refractivity (Wildman–Crippen MR) is 130 cm³/mol. The van der Waals surface area contributed by atoms with Crippen LogP contribution in [0.3, 0.4) is 0 Å². The second-order valence-corrected chi connectivity index (χ2v) is 8.69. The molecule has 10 heteroatoms. The van der Waals surface area contributed by atoms with E-state index in [1.165, 1.54) is 22.5 Å². The van der Waals surface area contributed by atoms with E-state index in [1.807, 2.05) is 32.0 Å². The number of fused-ring (bicyclic) bond motifs is 2. The second-order valence-electron chi connectivity index (χ2n) is 7.75. The minimum Gasteiger partial charge on any atom is -0.494 e. The van der Waals surface area contributed by atoms with Crippen molar-refractivity contribution in [1.82, 2.24) is 19.7 Å². The van der Waals surface area contributed by atoms with Crippen LogP contribution in [0.5, 0.6) is 11.5 Å². The highest BCUT2D eigenvalue weighted by Gasteiger charge is 2.25. The Morgan fingerprint density at radius 2 is 2.06 bits per heavy atom. The van der Waals surface area contributed by atoms with Crippen molar-refractivity contribution < 1.29 is 14.3 Å². The number of benzene rings is 2. The smallest absolute Gasteiger partial charge is 0.269 e. The molecule has 0 bridgehead atoms. The number of ether oxygens (including phenoxy) is 2. The molecule has 1 aliphatic heterocycles. The first-order valence-electron chi connectivity index (χ1n) is 10.9. The number of H-pyrrole nitrogens is 1. The maximum absolute atomic E-state index is 13.3. The topological polar surface area (TPSA) is 102 Å². The lowest BCUT2D eigenvalue weighted by molar-refractivity contribution is -0.116. The maximum Gasteiger partial charge on any atom is 0.269 e. The Bertz CT molecular complexity index is 1410. The number of amides is 1. The molecule has 0 unspecified atom stereocenters. The van der Waals surface area contributed by atoms with Gasteiger partial charge in [0.15, 0.2) is 10.8 Å². The summed E-state index contributed by atoms with van der Waals surface area (Å²) in [5, 5.41) is 7.49. The molecule has 0 radical (unpaired) electrons. The number of hydrogen-bond donors (Lipinski definition) is 1. The Balaban J connectivity index is 1.46. The number of rotatable bonds is 6. The quantitative estimate of drug-likeness (QED) is 0.336. The molecule has 174 valence electrons. The fraction of sp³-hybridized carbons (Fsp3) is 0.250. The largest absolute Gasteiger partial charge is 0.494 e. The van der Waals surface area contributed by atoms with Gasteiger partial charge in [-0.3, -0.25) is 19.3 Å². The summed E-state index contributed by atoms with van der Waals surface area (Å²) in [6.45, 7) is 5.34. The van der Waals surface area contributed by atoms with Gasteiger partial charge in [0.25, 0.3) is 5.56 Å². The van der Waals surface area contributed by atoms with Crippen molar-refractivity contribution in [2.24, 2.45) is 0 Å². The van der Waals surface area contributed by atoms with Gasteiger partial charge >= 0.3 is 0 Å². The van der Waals surface area contributed by atoms with Gasteiger partial charge in [-0.15, -0.1) is 0 Å². The Morgan fingerprint density at radius 3 is 2.85 bits per heavy atom. The molecule has 2 aromatic carbocycles. The number of nitrogens with one attached hydrogen (secondary N) is 1. The van der Waals surface area contributed by atoms with Gasteiger partial charge < -0.3 is 14.4 Å². The average Bonchev–Trinajstić information content (AvgIpc) is 3.32. The summed E-state index contributed by atoms with van der Waals surface area (Å²) >= 11 is 1.21. The molecule has 4 aromatic rings. The molecule has 2 aromatic heterocycles. The summed E-state index contributed by atoms with van der Waals surface area (Å²) in [5.41, 5.74) is 2.56. The third kappa shape index (κ3) is 4.12. The average molecular weight is 478 g/mol. The van der Waals surface area contributed by atoms with Gasteiger partial charge in [-0.05, 0) is 55.8 Å². The van der Waals surface area contributed by atoms with E-state index in [0.29, 0.717) is 53.1 Å². The summed E-state index contributed by atoms with van der Waals surface area (Å²) in [6.07, 6.45) is 1.46. The number of carbonyl (C=O) groups is 1. The van der Waals surface area contributed by atoms with Crippen molar-refractivity contribution in [2.45, 2.75) is 19.0 Å². The molecule has 0 aliphatic carbocycles. The number of hydrogen-bond acceptors (Lipinski definition) is 7. The molecule has 0 saturated carbocycles. The van der Waals surface area contributed by atoms with Gasteiger partial charge in [0.2, 0.25) is 5.91 Å². The van der Waals surface area contributed by atoms with Gasteiger partial charge in [-0.2, -0.15) is 5.10 Å². The van der Waals surface area contributed by atoms with Gasteiger partial charge in [0.05, 0.1) is 36.5 Å². The minimum absolute atomic E-state index is 0.0858. The fourth-order valence-corrected chi connectivity index (χ4v) is 4.73. The standard InChI is InChI=1S/C24H23N5O4S/c1-3-32-17-7-5-16(6-8-17)29-23(31)18-13-25-27-22(18)26-24(29)34-14-21(30)28-10-11-33-20-9-4-15(2)12-19(20)28/h4-9,12-13H,3,10-11,14H2,1-2H3,(H,25,27). The summed E-state index contributed by atoms with van der Waals surface area (Å²) < 4.78 is 12.7. The molecule has 1 amide bonds. The third-order valence-electron chi connectivity index (χ3n) is 5.46. The van der Waals surface area contributed by atoms with Crippen molar-refractivity contribution >= 4 is 34.4 Å². The van der Waals surface area contributed by atoms with Crippen LogP contribution in [0, 0.1) is 6.92 Å². The number of aromatic nitrogens is 4. The molecule has 9 nitrogen and oxygen atoms in total. The van der Waals surface area contributed by atoms with Crippen molar-refractivity contribution in [2.75, 3.05) is 30.4 Å². The van der Waals surface area contributed by atoms with E-state index < -0.39 is 0 Å². The first kappa shape index (κ1) is 22.0. The molecular weight excluding hydrogens is 454 g/mol. The van der Waals surface area contributed by atoms with Crippen LogP contribution in [0.4, 0.5) is 5.69 Å². The highest BCUT2D eigenvalue weighted by Crippen LogP contribution is 2.33.